The number of piperidine rings is 1. The van der Waals surface area contributed by atoms with Crippen LogP contribution < -0.4 is 10.2 Å². The molecule has 0 radical (unpaired) electrons. The summed E-state index contributed by atoms with van der Waals surface area (Å²) in [6, 6.07) is 5.24. The second-order valence-electron chi connectivity index (χ2n) is 7.86. The Morgan fingerprint density at radius 1 is 1.12 bits per heavy atom. The van der Waals surface area contributed by atoms with Crippen LogP contribution in [0.1, 0.15) is 38.5 Å². The number of benzene rings is 1. The van der Waals surface area contributed by atoms with Gasteiger partial charge in [-0.25, -0.2) is 14.0 Å². The molecule has 3 unspecified atom stereocenters. The summed E-state index contributed by atoms with van der Waals surface area (Å²) in [4.78, 5) is 22.4. The van der Waals surface area contributed by atoms with Gasteiger partial charge in [-0.2, -0.15) is 13.2 Å². The number of aliphatic carboxylic acids is 2. The Hall–Kier alpha value is -2.56. The molecule has 1 saturated carbocycles. The lowest BCUT2D eigenvalue weighted by molar-refractivity contribution is -0.192. The number of carboxylic acids is 2. The minimum Gasteiger partial charge on any atom is -0.479 e. The molecule has 0 bridgehead atoms. The third kappa shape index (κ3) is 6.98. The maximum absolute atomic E-state index is 14.6. The summed E-state index contributed by atoms with van der Waals surface area (Å²) in [5, 5.41) is 19.8. The number of halogens is 4. The summed E-state index contributed by atoms with van der Waals surface area (Å²) in [5.74, 6) is -4.02. The van der Waals surface area contributed by atoms with Crippen molar-refractivity contribution < 1.29 is 42.1 Å². The third-order valence-electron chi connectivity index (χ3n) is 5.69. The van der Waals surface area contributed by atoms with E-state index < -0.39 is 24.2 Å². The molecule has 1 saturated heterocycles. The predicted octanol–water partition coefficient (Wildman–Crippen LogP) is 4.13. The molecule has 0 spiro atoms. The van der Waals surface area contributed by atoms with Crippen LogP contribution in [0.15, 0.2) is 18.2 Å². The van der Waals surface area contributed by atoms with Gasteiger partial charge in [-0.1, -0.05) is 6.42 Å². The van der Waals surface area contributed by atoms with E-state index in [2.05, 4.69) is 10.2 Å². The first-order valence-corrected chi connectivity index (χ1v) is 10.4. The Morgan fingerprint density at radius 2 is 1.75 bits per heavy atom. The van der Waals surface area contributed by atoms with Crippen molar-refractivity contribution in [1.82, 2.24) is 0 Å². The summed E-state index contributed by atoms with van der Waals surface area (Å²) >= 11 is 0. The van der Waals surface area contributed by atoms with Crippen LogP contribution in [0.2, 0.25) is 0 Å². The Balaban J connectivity index is 0.000000451. The van der Waals surface area contributed by atoms with Crippen molar-refractivity contribution in [3.8, 4) is 0 Å². The van der Waals surface area contributed by atoms with Gasteiger partial charge < -0.3 is 25.2 Å². The zero-order valence-electron chi connectivity index (χ0n) is 17.7. The van der Waals surface area contributed by atoms with Gasteiger partial charge in [0.15, 0.2) is 6.10 Å². The standard InChI is InChI=1S/C19H27FN2O3.C2HF3O2/c1-25-18(19(23)24)14-6-5-7-16(14)21-13-8-9-17(15(20)12-13)22-10-3-2-4-11-22;3-2(4,5)1(6)7/h8-9,12,14,16,18,21H,2-7,10-11H2,1H3,(H,23,24);(H,6,7). The number of hydrogen-bond acceptors (Lipinski definition) is 5. The molecule has 3 atom stereocenters. The molecule has 11 heteroatoms. The van der Waals surface area contributed by atoms with Gasteiger partial charge in [0.25, 0.3) is 0 Å². The lowest BCUT2D eigenvalue weighted by Crippen LogP contribution is -2.39. The first-order valence-electron chi connectivity index (χ1n) is 10.4. The number of anilines is 2. The number of rotatable bonds is 6. The molecule has 3 N–H and O–H groups in total. The van der Waals surface area contributed by atoms with E-state index in [1.807, 2.05) is 12.1 Å². The van der Waals surface area contributed by atoms with E-state index >= 15 is 0 Å². The average Bonchev–Trinajstić information content (AvgIpc) is 3.16. The Labute approximate surface area is 183 Å². The van der Waals surface area contributed by atoms with E-state index in [1.165, 1.54) is 19.6 Å². The van der Waals surface area contributed by atoms with E-state index in [1.54, 1.807) is 0 Å². The fourth-order valence-electron chi connectivity index (χ4n) is 4.19. The van der Waals surface area contributed by atoms with Crippen molar-refractivity contribution in [3.05, 3.63) is 24.0 Å². The van der Waals surface area contributed by atoms with Gasteiger partial charge in [0.1, 0.15) is 5.82 Å². The molecule has 0 amide bonds. The second-order valence-corrected chi connectivity index (χ2v) is 7.86. The molecule has 1 aliphatic heterocycles. The summed E-state index contributed by atoms with van der Waals surface area (Å²) in [5.41, 5.74) is 1.36. The Bertz CT molecular complexity index is 784. The normalized spacial score (nSPS) is 22.0. The molecule has 180 valence electrons. The zero-order valence-corrected chi connectivity index (χ0v) is 17.7. The second kappa shape index (κ2) is 11.3. The highest BCUT2D eigenvalue weighted by Crippen LogP contribution is 2.33. The number of carbonyl (C=O) groups is 2. The van der Waals surface area contributed by atoms with Crippen LogP contribution in [0.5, 0.6) is 0 Å². The number of ether oxygens (including phenoxy) is 1. The van der Waals surface area contributed by atoms with E-state index in [9.17, 15) is 27.5 Å². The number of alkyl halides is 3. The van der Waals surface area contributed by atoms with Gasteiger partial charge in [-0.05, 0) is 50.3 Å². The maximum atomic E-state index is 14.6. The van der Waals surface area contributed by atoms with Gasteiger partial charge >= 0.3 is 18.1 Å². The van der Waals surface area contributed by atoms with Crippen molar-refractivity contribution in [3.63, 3.8) is 0 Å². The van der Waals surface area contributed by atoms with Gasteiger partial charge in [-0.3, -0.25) is 0 Å². The summed E-state index contributed by atoms with van der Waals surface area (Å²) in [6.07, 6.45) is 0.143. The molecule has 1 aromatic rings. The topological polar surface area (TPSA) is 99.1 Å². The average molecular weight is 464 g/mol. The summed E-state index contributed by atoms with van der Waals surface area (Å²) in [6.45, 7) is 1.81. The van der Waals surface area contributed by atoms with E-state index in [0.29, 0.717) is 11.4 Å². The Morgan fingerprint density at radius 3 is 2.25 bits per heavy atom. The van der Waals surface area contributed by atoms with Crippen LogP contribution in [-0.2, 0) is 14.3 Å². The van der Waals surface area contributed by atoms with Crippen molar-refractivity contribution in [2.24, 2.45) is 5.92 Å². The Kier molecular flexibility index (Phi) is 9.11. The maximum Gasteiger partial charge on any atom is 0.490 e. The molecule has 7 nitrogen and oxygen atoms in total. The number of nitrogens with zero attached hydrogens (tertiary/aromatic N) is 1. The number of hydrogen-bond donors (Lipinski definition) is 3. The summed E-state index contributed by atoms with van der Waals surface area (Å²) < 4.78 is 51.5. The van der Waals surface area contributed by atoms with Crippen LogP contribution in [-0.4, -0.2) is 60.7 Å². The zero-order chi connectivity index (χ0) is 23.9. The van der Waals surface area contributed by atoms with Crippen LogP contribution >= 0.6 is 0 Å². The molecule has 3 rings (SSSR count). The quantitative estimate of drug-likeness (QED) is 0.545. The van der Waals surface area contributed by atoms with Crippen LogP contribution in [0.25, 0.3) is 0 Å². The van der Waals surface area contributed by atoms with E-state index in [-0.39, 0.29) is 17.8 Å². The predicted molar refractivity (Wildman–Crippen MR) is 109 cm³/mol. The van der Waals surface area contributed by atoms with E-state index in [0.717, 1.165) is 45.2 Å². The fraction of sp³-hybridized carbons (Fsp3) is 0.619. The first-order chi connectivity index (χ1) is 15.0. The lowest BCUT2D eigenvalue weighted by Gasteiger charge is -2.30. The fourth-order valence-corrected chi connectivity index (χ4v) is 4.19. The van der Waals surface area contributed by atoms with Crippen LogP contribution in [0.3, 0.4) is 0 Å². The van der Waals surface area contributed by atoms with Crippen molar-refractivity contribution >= 4 is 23.3 Å². The van der Waals surface area contributed by atoms with Crippen molar-refractivity contribution in [2.75, 3.05) is 30.4 Å². The van der Waals surface area contributed by atoms with Gasteiger partial charge in [0, 0.05) is 37.8 Å². The third-order valence-corrected chi connectivity index (χ3v) is 5.69. The van der Waals surface area contributed by atoms with Crippen molar-refractivity contribution in [1.29, 1.82) is 0 Å². The first kappa shape index (κ1) is 25.7. The van der Waals surface area contributed by atoms with E-state index in [4.69, 9.17) is 14.6 Å². The molecular formula is C21H28F4N2O5. The highest BCUT2D eigenvalue weighted by molar-refractivity contribution is 5.73. The molecule has 1 aromatic carbocycles. The minimum absolute atomic E-state index is 0.0127. The molecule has 0 aromatic heterocycles. The van der Waals surface area contributed by atoms with Crippen LogP contribution in [0.4, 0.5) is 28.9 Å². The van der Waals surface area contributed by atoms with Gasteiger partial charge in [-0.15, -0.1) is 0 Å². The number of carboxylic acid groups (broad SMARTS) is 2. The summed E-state index contributed by atoms with van der Waals surface area (Å²) in [7, 11) is 1.43. The molecular weight excluding hydrogens is 436 g/mol. The van der Waals surface area contributed by atoms with Gasteiger partial charge in [0.05, 0.1) is 5.69 Å². The number of nitrogens with one attached hydrogen (secondary N) is 1. The largest absolute Gasteiger partial charge is 0.490 e. The lowest BCUT2D eigenvalue weighted by atomic mass is 9.96. The molecule has 1 aliphatic carbocycles. The minimum atomic E-state index is -5.08. The smallest absolute Gasteiger partial charge is 0.479 e. The molecule has 2 fully saturated rings. The highest BCUT2D eigenvalue weighted by Gasteiger charge is 2.39. The van der Waals surface area contributed by atoms with Crippen molar-refractivity contribution in [2.45, 2.75) is 56.8 Å². The molecule has 1 heterocycles. The molecule has 32 heavy (non-hydrogen) atoms. The van der Waals surface area contributed by atoms with Gasteiger partial charge in [0.2, 0.25) is 0 Å². The molecule has 2 aliphatic rings. The monoisotopic (exact) mass is 464 g/mol. The highest BCUT2D eigenvalue weighted by atomic mass is 19.4. The SMILES string of the molecule is COC(C(=O)O)C1CCCC1Nc1ccc(N2CCCCC2)c(F)c1.O=C(O)C(F)(F)F. The van der Waals surface area contributed by atoms with Crippen LogP contribution in [0, 0.1) is 11.7 Å². The number of methoxy groups -OCH3 is 1.